The van der Waals surface area contributed by atoms with Crippen molar-refractivity contribution in [1.29, 1.82) is 0 Å². The fourth-order valence-electron chi connectivity index (χ4n) is 2.22. The zero-order valence-electron chi connectivity index (χ0n) is 13.4. The number of benzene rings is 3. The van der Waals surface area contributed by atoms with Gasteiger partial charge in [-0.1, -0.05) is 35.9 Å². The largest absolute Gasteiger partial charge is 0.457 e. The van der Waals surface area contributed by atoms with Gasteiger partial charge in [-0.3, -0.25) is 4.79 Å². The molecule has 0 aliphatic heterocycles. The lowest BCUT2D eigenvalue weighted by Crippen LogP contribution is -2.21. The zero-order chi connectivity index (χ0) is 17.5. The highest BCUT2D eigenvalue weighted by molar-refractivity contribution is 6.30. The average Bonchev–Trinajstić information content (AvgIpc) is 2.63. The lowest BCUT2D eigenvalue weighted by molar-refractivity contribution is -0.114. The van der Waals surface area contributed by atoms with Gasteiger partial charge >= 0.3 is 0 Å². The van der Waals surface area contributed by atoms with Crippen LogP contribution in [-0.2, 0) is 4.79 Å². The molecule has 5 heteroatoms. The quantitative estimate of drug-likeness (QED) is 0.642. The monoisotopic (exact) mass is 352 g/mol. The number of hydrogen-bond acceptors (Lipinski definition) is 3. The van der Waals surface area contributed by atoms with Crippen LogP contribution >= 0.6 is 11.6 Å². The van der Waals surface area contributed by atoms with E-state index in [1.165, 1.54) is 0 Å². The standard InChI is InChI=1S/C20H17ClN2O2/c21-15-5-4-6-17(13-15)22-14-20(24)23-16-9-11-19(12-10-16)25-18-7-2-1-3-8-18/h1-13,22H,14H2,(H,23,24). The van der Waals surface area contributed by atoms with Crippen LogP contribution in [-0.4, -0.2) is 12.5 Å². The summed E-state index contributed by atoms with van der Waals surface area (Å²) in [5, 5.41) is 6.48. The molecule has 0 aromatic heterocycles. The molecule has 0 saturated heterocycles. The van der Waals surface area contributed by atoms with Crippen molar-refractivity contribution < 1.29 is 9.53 Å². The number of carbonyl (C=O) groups is 1. The van der Waals surface area contributed by atoms with Gasteiger partial charge < -0.3 is 15.4 Å². The van der Waals surface area contributed by atoms with Gasteiger partial charge in [-0.25, -0.2) is 0 Å². The average molecular weight is 353 g/mol. The summed E-state index contributed by atoms with van der Waals surface area (Å²) < 4.78 is 5.72. The van der Waals surface area contributed by atoms with Crippen LogP contribution in [0.15, 0.2) is 78.9 Å². The number of ether oxygens (including phenoxy) is 1. The van der Waals surface area contributed by atoms with Gasteiger partial charge in [0.15, 0.2) is 0 Å². The Labute approximate surface area is 151 Å². The maximum absolute atomic E-state index is 12.0. The van der Waals surface area contributed by atoms with E-state index >= 15 is 0 Å². The second-order valence-corrected chi connectivity index (χ2v) is 5.79. The molecule has 3 aromatic rings. The fraction of sp³-hybridized carbons (Fsp3) is 0.0500. The second kappa shape index (κ2) is 8.22. The minimum Gasteiger partial charge on any atom is -0.457 e. The topological polar surface area (TPSA) is 50.4 Å². The second-order valence-electron chi connectivity index (χ2n) is 5.35. The Balaban J connectivity index is 1.51. The summed E-state index contributed by atoms with van der Waals surface area (Å²) in [5.41, 5.74) is 1.51. The number of halogens is 1. The number of carbonyl (C=O) groups excluding carboxylic acids is 1. The third-order valence-electron chi connectivity index (χ3n) is 3.39. The molecule has 4 nitrogen and oxygen atoms in total. The maximum atomic E-state index is 12.0. The Morgan fingerprint density at radius 3 is 2.28 bits per heavy atom. The first-order valence-electron chi connectivity index (χ1n) is 7.81. The van der Waals surface area contributed by atoms with E-state index < -0.39 is 0 Å². The van der Waals surface area contributed by atoms with Crippen molar-refractivity contribution in [1.82, 2.24) is 0 Å². The van der Waals surface area contributed by atoms with Crippen LogP contribution in [0.4, 0.5) is 11.4 Å². The fourth-order valence-corrected chi connectivity index (χ4v) is 2.41. The van der Waals surface area contributed by atoms with E-state index in [9.17, 15) is 4.79 Å². The van der Waals surface area contributed by atoms with Crippen molar-refractivity contribution in [3.05, 3.63) is 83.9 Å². The van der Waals surface area contributed by atoms with Crippen molar-refractivity contribution in [2.75, 3.05) is 17.2 Å². The summed E-state index contributed by atoms with van der Waals surface area (Å²) in [6, 6.07) is 24.0. The van der Waals surface area contributed by atoms with E-state index in [4.69, 9.17) is 16.3 Å². The highest BCUT2D eigenvalue weighted by Gasteiger charge is 2.03. The summed E-state index contributed by atoms with van der Waals surface area (Å²) in [4.78, 5) is 12.0. The van der Waals surface area contributed by atoms with E-state index in [1.807, 2.05) is 54.6 Å². The molecule has 0 fully saturated rings. The van der Waals surface area contributed by atoms with Crippen molar-refractivity contribution in [2.45, 2.75) is 0 Å². The number of rotatable bonds is 6. The Bertz CT molecular complexity index is 836. The summed E-state index contributed by atoms with van der Waals surface area (Å²) >= 11 is 5.91. The van der Waals surface area contributed by atoms with Gasteiger partial charge in [-0.2, -0.15) is 0 Å². The molecule has 0 saturated carbocycles. The Morgan fingerprint density at radius 2 is 1.56 bits per heavy atom. The number of hydrogen-bond donors (Lipinski definition) is 2. The molecule has 3 aromatic carbocycles. The first-order valence-corrected chi connectivity index (χ1v) is 8.19. The minimum atomic E-state index is -0.142. The summed E-state index contributed by atoms with van der Waals surface area (Å²) in [6.45, 7) is 0.155. The predicted molar refractivity (Wildman–Crippen MR) is 102 cm³/mol. The van der Waals surface area contributed by atoms with Crippen molar-refractivity contribution >= 4 is 28.9 Å². The van der Waals surface area contributed by atoms with Gasteiger partial charge in [-0.15, -0.1) is 0 Å². The highest BCUT2D eigenvalue weighted by Crippen LogP contribution is 2.22. The Hall–Kier alpha value is -2.98. The normalized spacial score (nSPS) is 10.1. The number of nitrogens with one attached hydrogen (secondary N) is 2. The van der Waals surface area contributed by atoms with Crippen LogP contribution in [0.1, 0.15) is 0 Å². The lowest BCUT2D eigenvalue weighted by atomic mass is 10.3. The molecule has 2 N–H and O–H groups in total. The molecule has 0 unspecified atom stereocenters. The molecule has 0 aliphatic rings. The number of para-hydroxylation sites is 1. The minimum absolute atomic E-state index is 0.142. The summed E-state index contributed by atoms with van der Waals surface area (Å²) in [5.74, 6) is 1.34. The third-order valence-corrected chi connectivity index (χ3v) is 3.63. The zero-order valence-corrected chi connectivity index (χ0v) is 14.2. The third kappa shape index (κ3) is 5.26. The van der Waals surface area contributed by atoms with Gasteiger partial charge in [0.25, 0.3) is 0 Å². The van der Waals surface area contributed by atoms with Gasteiger partial charge in [-0.05, 0) is 54.6 Å². The van der Waals surface area contributed by atoms with Crippen LogP contribution in [0.3, 0.4) is 0 Å². The van der Waals surface area contributed by atoms with Crippen LogP contribution < -0.4 is 15.4 Å². The molecule has 0 atom stereocenters. The van der Waals surface area contributed by atoms with Gasteiger partial charge in [0.2, 0.25) is 5.91 Å². The molecule has 0 radical (unpaired) electrons. The van der Waals surface area contributed by atoms with Crippen LogP contribution in [0.5, 0.6) is 11.5 Å². The van der Waals surface area contributed by atoms with E-state index in [0.29, 0.717) is 16.5 Å². The molecule has 0 bridgehead atoms. The smallest absolute Gasteiger partial charge is 0.243 e. The van der Waals surface area contributed by atoms with Crippen LogP contribution in [0.2, 0.25) is 5.02 Å². The molecule has 0 aliphatic carbocycles. The number of anilines is 2. The molecule has 3 rings (SSSR count). The highest BCUT2D eigenvalue weighted by atomic mass is 35.5. The first kappa shape index (κ1) is 16.9. The van der Waals surface area contributed by atoms with Gasteiger partial charge in [0.1, 0.15) is 11.5 Å². The molecule has 1 amide bonds. The molecular weight excluding hydrogens is 336 g/mol. The molecule has 0 heterocycles. The van der Waals surface area contributed by atoms with Gasteiger partial charge in [0.05, 0.1) is 6.54 Å². The van der Waals surface area contributed by atoms with Crippen molar-refractivity contribution in [2.24, 2.45) is 0 Å². The molecule has 25 heavy (non-hydrogen) atoms. The summed E-state index contributed by atoms with van der Waals surface area (Å²) in [6.07, 6.45) is 0. The SMILES string of the molecule is O=C(CNc1cccc(Cl)c1)Nc1ccc(Oc2ccccc2)cc1. The lowest BCUT2D eigenvalue weighted by Gasteiger charge is -2.09. The molecule has 0 spiro atoms. The van der Waals surface area contributed by atoms with Crippen molar-refractivity contribution in [3.63, 3.8) is 0 Å². The van der Waals surface area contributed by atoms with Crippen LogP contribution in [0.25, 0.3) is 0 Å². The predicted octanol–water partition coefficient (Wildman–Crippen LogP) is 5.18. The van der Waals surface area contributed by atoms with E-state index in [0.717, 1.165) is 11.4 Å². The molecule has 126 valence electrons. The summed E-state index contributed by atoms with van der Waals surface area (Å²) in [7, 11) is 0. The Morgan fingerprint density at radius 1 is 0.840 bits per heavy atom. The van der Waals surface area contributed by atoms with E-state index in [2.05, 4.69) is 10.6 Å². The van der Waals surface area contributed by atoms with E-state index in [-0.39, 0.29) is 12.5 Å². The number of amides is 1. The first-order chi connectivity index (χ1) is 12.2. The Kier molecular flexibility index (Phi) is 5.54. The van der Waals surface area contributed by atoms with E-state index in [1.54, 1.807) is 24.3 Å². The van der Waals surface area contributed by atoms with Crippen LogP contribution in [0, 0.1) is 0 Å². The molecular formula is C20H17ClN2O2. The van der Waals surface area contributed by atoms with Crippen molar-refractivity contribution in [3.8, 4) is 11.5 Å². The van der Waals surface area contributed by atoms with Gasteiger partial charge in [0, 0.05) is 16.4 Å². The maximum Gasteiger partial charge on any atom is 0.243 e.